The lowest BCUT2D eigenvalue weighted by molar-refractivity contribution is -0.156. The Balaban J connectivity index is 1.76. The second-order valence-corrected chi connectivity index (χ2v) is 6.98. The molecule has 0 aromatic rings. The smallest absolute Gasteiger partial charge is 0.249 e. The predicted molar refractivity (Wildman–Crippen MR) is 78.7 cm³/mol. The van der Waals surface area contributed by atoms with E-state index in [0.29, 0.717) is 19.1 Å². The van der Waals surface area contributed by atoms with Gasteiger partial charge in [0.1, 0.15) is 11.6 Å². The second kappa shape index (κ2) is 5.59. The van der Waals surface area contributed by atoms with Crippen LogP contribution in [0.1, 0.15) is 52.4 Å². The first kappa shape index (κ1) is 14.8. The number of carbonyl (C=O) groups is 2. The van der Waals surface area contributed by atoms with Gasteiger partial charge in [0.05, 0.1) is 12.7 Å². The van der Waals surface area contributed by atoms with Gasteiger partial charge in [-0.15, -0.1) is 0 Å². The van der Waals surface area contributed by atoms with E-state index in [1.807, 2.05) is 18.7 Å². The van der Waals surface area contributed by atoms with Gasteiger partial charge in [-0.3, -0.25) is 9.59 Å². The number of rotatable bonds is 5. The molecule has 2 amide bonds. The summed E-state index contributed by atoms with van der Waals surface area (Å²) in [6, 6.07) is -0.264. The maximum absolute atomic E-state index is 13.0. The molecule has 3 aliphatic rings. The maximum atomic E-state index is 13.0. The Morgan fingerprint density at radius 1 is 1.29 bits per heavy atom. The summed E-state index contributed by atoms with van der Waals surface area (Å²) in [4.78, 5) is 27.3. The molecule has 1 atom stereocenters. The Labute approximate surface area is 126 Å². The number of nitrogens with one attached hydrogen (secondary N) is 1. The third-order valence-electron chi connectivity index (χ3n) is 4.95. The molecule has 3 fully saturated rings. The molecule has 1 heterocycles. The third-order valence-corrected chi connectivity index (χ3v) is 4.95. The van der Waals surface area contributed by atoms with Gasteiger partial charge < -0.3 is 15.0 Å². The summed E-state index contributed by atoms with van der Waals surface area (Å²) < 4.78 is 5.60. The standard InChI is InChI=1S/C16H26N2O3/c1-11(2)21-10-9-18-13(12-5-6-12)14(19)17-16(15(18)20)7-3-4-8-16/h11-13H,3-10H2,1-2H3,(H,17,19). The van der Waals surface area contributed by atoms with Crippen LogP contribution < -0.4 is 5.32 Å². The van der Waals surface area contributed by atoms with E-state index in [4.69, 9.17) is 4.74 Å². The molecule has 1 spiro atoms. The van der Waals surface area contributed by atoms with Gasteiger partial charge in [-0.2, -0.15) is 0 Å². The summed E-state index contributed by atoms with van der Waals surface area (Å²) in [6.45, 7) is 5.02. The molecule has 0 radical (unpaired) electrons. The molecule has 5 heteroatoms. The van der Waals surface area contributed by atoms with Gasteiger partial charge in [-0.1, -0.05) is 12.8 Å². The molecule has 2 aliphatic carbocycles. The first-order valence-electron chi connectivity index (χ1n) is 8.28. The van der Waals surface area contributed by atoms with Crippen molar-refractivity contribution in [1.29, 1.82) is 0 Å². The number of hydrogen-bond donors (Lipinski definition) is 1. The van der Waals surface area contributed by atoms with E-state index in [-0.39, 0.29) is 24.0 Å². The van der Waals surface area contributed by atoms with Crippen molar-refractivity contribution >= 4 is 11.8 Å². The van der Waals surface area contributed by atoms with Crippen LogP contribution in [0.15, 0.2) is 0 Å². The lowest BCUT2D eigenvalue weighted by Gasteiger charge is -2.44. The monoisotopic (exact) mass is 294 g/mol. The number of nitrogens with zero attached hydrogens (tertiary/aromatic N) is 1. The van der Waals surface area contributed by atoms with Crippen LogP contribution in [-0.4, -0.2) is 47.6 Å². The molecule has 1 N–H and O–H groups in total. The zero-order valence-corrected chi connectivity index (χ0v) is 13.1. The van der Waals surface area contributed by atoms with E-state index in [1.165, 1.54) is 0 Å². The van der Waals surface area contributed by atoms with Gasteiger partial charge in [0.25, 0.3) is 0 Å². The molecule has 118 valence electrons. The lowest BCUT2D eigenvalue weighted by Crippen LogP contribution is -2.70. The van der Waals surface area contributed by atoms with Gasteiger partial charge in [-0.25, -0.2) is 0 Å². The highest BCUT2D eigenvalue weighted by atomic mass is 16.5. The van der Waals surface area contributed by atoms with Crippen LogP contribution in [0.5, 0.6) is 0 Å². The largest absolute Gasteiger partial charge is 0.377 e. The highest BCUT2D eigenvalue weighted by Gasteiger charge is 2.55. The SMILES string of the molecule is CC(C)OCCN1C(=O)C2(CCCC2)NC(=O)C1C1CC1. The van der Waals surface area contributed by atoms with Crippen molar-refractivity contribution in [2.75, 3.05) is 13.2 Å². The minimum atomic E-state index is -0.611. The first-order valence-corrected chi connectivity index (χ1v) is 8.28. The van der Waals surface area contributed by atoms with Gasteiger partial charge in [0, 0.05) is 6.54 Å². The zero-order valence-electron chi connectivity index (χ0n) is 13.1. The number of amides is 2. The minimum absolute atomic E-state index is 0.0588. The number of piperazine rings is 1. The zero-order chi connectivity index (χ0) is 15.0. The first-order chi connectivity index (χ1) is 10.0. The van der Waals surface area contributed by atoms with E-state index in [2.05, 4.69) is 5.32 Å². The van der Waals surface area contributed by atoms with E-state index >= 15 is 0 Å². The molecular formula is C16H26N2O3. The van der Waals surface area contributed by atoms with Crippen LogP contribution in [0.3, 0.4) is 0 Å². The molecular weight excluding hydrogens is 268 g/mol. The van der Waals surface area contributed by atoms with Crippen molar-refractivity contribution in [2.24, 2.45) is 5.92 Å². The molecule has 1 unspecified atom stereocenters. The summed E-state index contributed by atoms with van der Waals surface area (Å²) in [5, 5.41) is 3.07. The predicted octanol–water partition coefficient (Wildman–Crippen LogP) is 1.46. The highest BCUT2D eigenvalue weighted by molar-refractivity contribution is 6.00. The van der Waals surface area contributed by atoms with Gasteiger partial charge >= 0.3 is 0 Å². The van der Waals surface area contributed by atoms with Crippen LogP contribution >= 0.6 is 0 Å². The van der Waals surface area contributed by atoms with E-state index in [0.717, 1.165) is 38.5 Å². The van der Waals surface area contributed by atoms with Crippen LogP contribution in [0.25, 0.3) is 0 Å². The Kier molecular flexibility index (Phi) is 3.95. The van der Waals surface area contributed by atoms with Crippen molar-refractivity contribution in [2.45, 2.75) is 70.1 Å². The van der Waals surface area contributed by atoms with Crippen LogP contribution in [-0.2, 0) is 14.3 Å². The fourth-order valence-electron chi connectivity index (χ4n) is 3.73. The van der Waals surface area contributed by atoms with Crippen molar-refractivity contribution in [3.63, 3.8) is 0 Å². The second-order valence-electron chi connectivity index (χ2n) is 6.98. The Morgan fingerprint density at radius 3 is 2.52 bits per heavy atom. The van der Waals surface area contributed by atoms with E-state index < -0.39 is 5.54 Å². The molecule has 2 saturated carbocycles. The van der Waals surface area contributed by atoms with Crippen molar-refractivity contribution < 1.29 is 14.3 Å². The topological polar surface area (TPSA) is 58.6 Å². The normalized spacial score (nSPS) is 28.5. The van der Waals surface area contributed by atoms with E-state index in [9.17, 15) is 9.59 Å². The van der Waals surface area contributed by atoms with Gasteiger partial charge in [0.15, 0.2) is 0 Å². The molecule has 1 saturated heterocycles. The average molecular weight is 294 g/mol. The quantitative estimate of drug-likeness (QED) is 0.835. The minimum Gasteiger partial charge on any atom is -0.377 e. The van der Waals surface area contributed by atoms with E-state index in [1.54, 1.807) is 0 Å². The summed E-state index contributed by atoms with van der Waals surface area (Å²) in [5.41, 5.74) is -0.611. The summed E-state index contributed by atoms with van der Waals surface area (Å²) >= 11 is 0. The Bertz CT molecular complexity index is 425. The fraction of sp³-hybridized carbons (Fsp3) is 0.875. The number of carbonyl (C=O) groups excluding carboxylic acids is 2. The summed E-state index contributed by atoms with van der Waals surface area (Å²) in [5.74, 6) is 0.541. The van der Waals surface area contributed by atoms with Crippen LogP contribution in [0.2, 0.25) is 0 Å². The molecule has 0 aromatic heterocycles. The van der Waals surface area contributed by atoms with Crippen molar-refractivity contribution in [3.05, 3.63) is 0 Å². The Morgan fingerprint density at radius 2 is 1.95 bits per heavy atom. The summed E-state index contributed by atoms with van der Waals surface area (Å²) in [7, 11) is 0. The third kappa shape index (κ3) is 2.80. The molecule has 21 heavy (non-hydrogen) atoms. The van der Waals surface area contributed by atoms with Crippen molar-refractivity contribution in [3.8, 4) is 0 Å². The molecule has 0 aromatic carbocycles. The van der Waals surface area contributed by atoms with Gasteiger partial charge in [0.2, 0.25) is 11.8 Å². The highest BCUT2D eigenvalue weighted by Crippen LogP contribution is 2.41. The fourth-order valence-corrected chi connectivity index (χ4v) is 3.73. The van der Waals surface area contributed by atoms with Crippen LogP contribution in [0.4, 0.5) is 0 Å². The molecule has 0 bridgehead atoms. The molecule has 5 nitrogen and oxygen atoms in total. The van der Waals surface area contributed by atoms with Crippen LogP contribution in [0, 0.1) is 5.92 Å². The lowest BCUT2D eigenvalue weighted by atomic mass is 9.89. The summed E-state index contributed by atoms with van der Waals surface area (Å²) in [6.07, 6.45) is 5.89. The number of hydrogen-bond acceptors (Lipinski definition) is 3. The maximum Gasteiger partial charge on any atom is 0.249 e. The number of ether oxygens (including phenoxy) is 1. The van der Waals surface area contributed by atoms with Gasteiger partial charge in [-0.05, 0) is 45.4 Å². The van der Waals surface area contributed by atoms with Crippen molar-refractivity contribution in [1.82, 2.24) is 10.2 Å². The molecule has 3 rings (SSSR count). The Hall–Kier alpha value is -1.10. The average Bonchev–Trinajstić information content (AvgIpc) is 3.14. The molecule has 1 aliphatic heterocycles.